The predicted molar refractivity (Wildman–Crippen MR) is 68.0 cm³/mol. The van der Waals surface area contributed by atoms with Gasteiger partial charge < -0.3 is 10.2 Å². The molecule has 0 aliphatic heterocycles. The molecule has 18 heavy (non-hydrogen) atoms. The molecule has 6 nitrogen and oxygen atoms in total. The van der Waals surface area contributed by atoms with E-state index in [1.807, 2.05) is 0 Å². The second kappa shape index (κ2) is 5.47. The second-order valence-corrected chi connectivity index (χ2v) is 5.09. The van der Waals surface area contributed by atoms with E-state index in [4.69, 9.17) is 0 Å². The van der Waals surface area contributed by atoms with Crippen molar-refractivity contribution in [1.29, 1.82) is 0 Å². The summed E-state index contributed by atoms with van der Waals surface area (Å²) in [6, 6.07) is 1.71. The summed E-state index contributed by atoms with van der Waals surface area (Å²) in [6.07, 6.45) is 0.996. The van der Waals surface area contributed by atoms with E-state index < -0.39 is 12.2 Å². The monoisotopic (exact) mass is 267 g/mol. The molecule has 2 rings (SSSR count). The first kappa shape index (κ1) is 13.0. The largest absolute Gasteiger partial charge is 0.389 e. The molecule has 7 heteroatoms. The van der Waals surface area contributed by atoms with Crippen LogP contribution in [-0.2, 0) is 4.79 Å². The van der Waals surface area contributed by atoms with E-state index in [0.29, 0.717) is 11.2 Å². The van der Waals surface area contributed by atoms with Crippen molar-refractivity contribution < 1.29 is 15.0 Å². The molecule has 0 bridgehead atoms. The number of carbonyl (C=O) groups excluding carboxylic acids is 1. The molecule has 96 valence electrons. The van der Waals surface area contributed by atoms with E-state index in [1.54, 1.807) is 12.3 Å². The molecule has 0 spiro atoms. The maximum absolute atomic E-state index is 10.8. The number of hydrogen-bond acceptors (Lipinski definition) is 6. The average Bonchev–Trinajstić information content (AvgIpc) is 2.81. The Morgan fingerprint density at radius 1 is 1.50 bits per heavy atom. The topological polar surface area (TPSA) is 99.1 Å². The fraction of sp³-hybridized carbons (Fsp3) is 0.364. The van der Waals surface area contributed by atoms with Crippen LogP contribution in [0.15, 0.2) is 18.5 Å². The summed E-state index contributed by atoms with van der Waals surface area (Å²) < 4.78 is 0. The molecule has 0 aliphatic carbocycles. The van der Waals surface area contributed by atoms with Crippen molar-refractivity contribution in [2.75, 3.05) is 5.75 Å². The molecular weight excluding hydrogens is 254 g/mol. The summed E-state index contributed by atoms with van der Waals surface area (Å²) >= 11 is 0.980. The SMILES string of the molecule is CC(=O)SCC(O)C(O)c1cnc2[nH]ncc2c1. The van der Waals surface area contributed by atoms with E-state index in [1.165, 1.54) is 13.1 Å². The van der Waals surface area contributed by atoms with Crippen molar-refractivity contribution in [1.82, 2.24) is 15.2 Å². The number of pyridine rings is 1. The number of fused-ring (bicyclic) bond motifs is 1. The normalized spacial score (nSPS) is 14.6. The summed E-state index contributed by atoms with van der Waals surface area (Å²) in [4.78, 5) is 14.9. The molecule has 2 atom stereocenters. The number of nitrogens with one attached hydrogen (secondary N) is 1. The lowest BCUT2D eigenvalue weighted by Gasteiger charge is -2.16. The van der Waals surface area contributed by atoms with Crippen LogP contribution in [0.1, 0.15) is 18.6 Å². The van der Waals surface area contributed by atoms with E-state index in [9.17, 15) is 15.0 Å². The molecule has 2 heterocycles. The zero-order valence-electron chi connectivity index (χ0n) is 9.70. The summed E-state index contributed by atoms with van der Waals surface area (Å²) in [5.41, 5.74) is 1.12. The lowest BCUT2D eigenvalue weighted by Crippen LogP contribution is -2.21. The van der Waals surface area contributed by atoms with Gasteiger partial charge in [0, 0.05) is 29.8 Å². The van der Waals surface area contributed by atoms with Crippen molar-refractivity contribution in [2.24, 2.45) is 0 Å². The van der Waals surface area contributed by atoms with Gasteiger partial charge in [0.2, 0.25) is 0 Å². The van der Waals surface area contributed by atoms with Gasteiger partial charge in [0.25, 0.3) is 0 Å². The smallest absolute Gasteiger partial charge is 0.185 e. The highest BCUT2D eigenvalue weighted by Crippen LogP contribution is 2.21. The number of carbonyl (C=O) groups is 1. The summed E-state index contributed by atoms with van der Waals surface area (Å²) in [7, 11) is 0. The van der Waals surface area contributed by atoms with Crippen LogP contribution in [0.4, 0.5) is 0 Å². The van der Waals surface area contributed by atoms with Gasteiger partial charge >= 0.3 is 0 Å². The zero-order valence-corrected chi connectivity index (χ0v) is 10.5. The highest BCUT2D eigenvalue weighted by molar-refractivity contribution is 8.13. The molecular formula is C11H13N3O3S. The minimum Gasteiger partial charge on any atom is -0.389 e. The number of aliphatic hydroxyl groups is 2. The lowest BCUT2D eigenvalue weighted by atomic mass is 10.1. The Kier molecular flexibility index (Phi) is 3.95. The average molecular weight is 267 g/mol. The number of hydrogen-bond donors (Lipinski definition) is 3. The van der Waals surface area contributed by atoms with Crippen LogP contribution >= 0.6 is 11.8 Å². The molecule has 0 amide bonds. The lowest BCUT2D eigenvalue weighted by molar-refractivity contribution is -0.109. The molecule has 2 aromatic heterocycles. The Balaban J connectivity index is 2.11. The van der Waals surface area contributed by atoms with Gasteiger partial charge in [0.1, 0.15) is 6.10 Å². The Bertz CT molecular complexity index is 557. The molecule has 0 aromatic carbocycles. The van der Waals surface area contributed by atoms with Crippen LogP contribution in [0.25, 0.3) is 11.0 Å². The Hall–Kier alpha value is -1.44. The van der Waals surface area contributed by atoms with Crippen LogP contribution in [0.5, 0.6) is 0 Å². The van der Waals surface area contributed by atoms with Crippen LogP contribution < -0.4 is 0 Å². The number of nitrogens with zero attached hydrogens (tertiary/aromatic N) is 2. The van der Waals surface area contributed by atoms with Gasteiger partial charge in [0.15, 0.2) is 10.8 Å². The molecule has 0 aliphatic rings. The van der Waals surface area contributed by atoms with Crippen LogP contribution in [-0.4, -0.2) is 42.4 Å². The van der Waals surface area contributed by atoms with Gasteiger partial charge in [-0.2, -0.15) is 5.10 Å². The van der Waals surface area contributed by atoms with Gasteiger partial charge in [-0.1, -0.05) is 11.8 Å². The van der Waals surface area contributed by atoms with Gasteiger partial charge in [-0.25, -0.2) is 4.98 Å². The Labute approximate surface area is 107 Å². The molecule has 2 unspecified atom stereocenters. The van der Waals surface area contributed by atoms with Crippen molar-refractivity contribution >= 4 is 27.9 Å². The Morgan fingerprint density at radius 2 is 2.28 bits per heavy atom. The highest BCUT2D eigenvalue weighted by atomic mass is 32.2. The second-order valence-electron chi connectivity index (χ2n) is 3.89. The number of H-pyrrole nitrogens is 1. The molecule has 2 aromatic rings. The van der Waals surface area contributed by atoms with Gasteiger partial charge in [-0.05, 0) is 6.07 Å². The molecule has 3 N–H and O–H groups in total. The van der Waals surface area contributed by atoms with Crippen molar-refractivity contribution in [3.05, 3.63) is 24.0 Å². The number of aromatic amines is 1. The number of rotatable bonds is 4. The van der Waals surface area contributed by atoms with E-state index in [-0.39, 0.29) is 10.9 Å². The molecule has 0 saturated carbocycles. The molecule has 0 saturated heterocycles. The minimum absolute atomic E-state index is 0.0929. The van der Waals surface area contributed by atoms with E-state index >= 15 is 0 Å². The van der Waals surface area contributed by atoms with Crippen LogP contribution in [0.2, 0.25) is 0 Å². The number of thioether (sulfide) groups is 1. The fourth-order valence-electron chi connectivity index (χ4n) is 1.53. The quantitative estimate of drug-likeness (QED) is 0.751. The molecule has 0 fully saturated rings. The maximum Gasteiger partial charge on any atom is 0.185 e. The fourth-order valence-corrected chi connectivity index (χ4v) is 2.12. The van der Waals surface area contributed by atoms with Gasteiger partial charge in [0.05, 0.1) is 12.3 Å². The van der Waals surface area contributed by atoms with Gasteiger partial charge in [-0.15, -0.1) is 0 Å². The minimum atomic E-state index is -1.07. The highest BCUT2D eigenvalue weighted by Gasteiger charge is 2.20. The van der Waals surface area contributed by atoms with Crippen molar-refractivity contribution in [3.63, 3.8) is 0 Å². The number of aromatic nitrogens is 3. The zero-order chi connectivity index (χ0) is 13.1. The standard InChI is InChI=1S/C11H13N3O3S/c1-6(15)18-5-9(16)10(17)7-2-8-4-13-14-11(8)12-3-7/h2-4,9-10,16-17H,5H2,1H3,(H,12,13,14). The first-order valence-electron chi connectivity index (χ1n) is 5.36. The van der Waals surface area contributed by atoms with Crippen molar-refractivity contribution in [3.8, 4) is 0 Å². The predicted octanol–water partition coefficient (Wildman–Crippen LogP) is 0.632. The van der Waals surface area contributed by atoms with Gasteiger partial charge in [-0.3, -0.25) is 9.89 Å². The summed E-state index contributed by atoms with van der Waals surface area (Å²) in [5, 5.41) is 26.9. The summed E-state index contributed by atoms with van der Waals surface area (Å²) in [6.45, 7) is 1.42. The van der Waals surface area contributed by atoms with Crippen molar-refractivity contribution in [2.45, 2.75) is 19.1 Å². The third kappa shape index (κ3) is 2.87. The third-order valence-electron chi connectivity index (χ3n) is 2.48. The summed E-state index contributed by atoms with van der Waals surface area (Å²) in [5.74, 6) is 0.153. The number of aliphatic hydroxyl groups excluding tert-OH is 2. The molecule has 0 radical (unpaired) electrons. The maximum atomic E-state index is 10.8. The first-order chi connectivity index (χ1) is 8.58. The van der Waals surface area contributed by atoms with Crippen LogP contribution in [0, 0.1) is 0 Å². The van der Waals surface area contributed by atoms with E-state index in [0.717, 1.165) is 17.1 Å². The Morgan fingerprint density at radius 3 is 3.00 bits per heavy atom. The third-order valence-corrected chi connectivity index (χ3v) is 3.39. The first-order valence-corrected chi connectivity index (χ1v) is 6.35. The van der Waals surface area contributed by atoms with Crippen LogP contribution in [0.3, 0.4) is 0 Å². The van der Waals surface area contributed by atoms with E-state index in [2.05, 4.69) is 15.2 Å².